The van der Waals surface area contributed by atoms with Crippen LogP contribution in [0.15, 0.2) is 12.2 Å². The van der Waals surface area contributed by atoms with Gasteiger partial charge in [0.1, 0.15) is 13.2 Å². The number of ether oxygens (including phenoxy) is 3. The first-order chi connectivity index (χ1) is 40.5. The molecule has 0 aliphatic rings. The molecule has 486 valence electrons. The maximum Gasteiger partial charge on any atom is 0.306 e. The van der Waals surface area contributed by atoms with Crippen LogP contribution in [0.3, 0.4) is 0 Å². The zero-order valence-corrected chi connectivity index (χ0v) is 56.1. The Morgan fingerprint density at radius 2 is 0.402 bits per heavy atom. The van der Waals surface area contributed by atoms with Gasteiger partial charge in [0.05, 0.1) is 0 Å². The van der Waals surface area contributed by atoms with Crippen LogP contribution < -0.4 is 0 Å². The minimum Gasteiger partial charge on any atom is -0.462 e. The summed E-state index contributed by atoms with van der Waals surface area (Å²) in [5.74, 6) is -0.839. The number of carbonyl (C=O) groups excluding carboxylic acids is 3. The molecule has 1 atom stereocenters. The number of allylic oxidation sites excluding steroid dienone is 2. The molecule has 0 saturated heterocycles. The molecule has 0 N–H and O–H groups in total. The van der Waals surface area contributed by atoms with Gasteiger partial charge in [-0.2, -0.15) is 0 Å². The fourth-order valence-electron chi connectivity index (χ4n) is 11.9. The molecule has 0 saturated carbocycles. The van der Waals surface area contributed by atoms with Crippen LogP contribution in [0.2, 0.25) is 0 Å². The van der Waals surface area contributed by atoms with Crippen LogP contribution in [0, 0.1) is 0 Å². The summed E-state index contributed by atoms with van der Waals surface area (Å²) in [7, 11) is 0. The third-order valence-electron chi connectivity index (χ3n) is 17.5. The Bertz CT molecular complexity index is 1280. The topological polar surface area (TPSA) is 78.9 Å². The van der Waals surface area contributed by atoms with Crippen LogP contribution in [0.1, 0.15) is 438 Å². The average molecular weight is 1160 g/mol. The Kier molecular flexibility index (Phi) is 70.0. The zero-order chi connectivity index (χ0) is 59.2. The number of esters is 3. The van der Waals surface area contributed by atoms with Gasteiger partial charge in [0, 0.05) is 19.3 Å². The summed E-state index contributed by atoms with van der Waals surface area (Å²) >= 11 is 0. The second-order valence-corrected chi connectivity index (χ2v) is 25.9. The summed E-state index contributed by atoms with van der Waals surface area (Å²) in [6.45, 7) is 6.67. The predicted molar refractivity (Wildman–Crippen MR) is 358 cm³/mol. The van der Waals surface area contributed by atoms with Crippen molar-refractivity contribution in [3.8, 4) is 0 Å². The molecule has 0 bridgehead atoms. The number of carbonyl (C=O) groups is 3. The van der Waals surface area contributed by atoms with Crippen LogP contribution in [0.4, 0.5) is 0 Å². The van der Waals surface area contributed by atoms with Crippen LogP contribution >= 0.6 is 0 Å². The number of hydrogen-bond acceptors (Lipinski definition) is 6. The van der Waals surface area contributed by atoms with Crippen molar-refractivity contribution in [2.75, 3.05) is 13.2 Å². The van der Waals surface area contributed by atoms with Crippen molar-refractivity contribution in [1.29, 1.82) is 0 Å². The summed E-state index contributed by atoms with van der Waals surface area (Å²) in [6, 6.07) is 0. The van der Waals surface area contributed by atoms with Crippen LogP contribution in [-0.4, -0.2) is 37.2 Å². The lowest BCUT2D eigenvalue weighted by Gasteiger charge is -2.18. The smallest absolute Gasteiger partial charge is 0.306 e. The lowest BCUT2D eigenvalue weighted by molar-refractivity contribution is -0.167. The predicted octanol–water partition coefficient (Wildman–Crippen LogP) is 26.0. The molecule has 0 amide bonds. The Hall–Kier alpha value is -1.85. The molecular weight excluding hydrogens is 1010 g/mol. The van der Waals surface area contributed by atoms with E-state index in [-0.39, 0.29) is 31.1 Å². The van der Waals surface area contributed by atoms with Crippen LogP contribution in [0.25, 0.3) is 0 Å². The minimum absolute atomic E-state index is 0.0633. The second kappa shape index (κ2) is 71.6. The van der Waals surface area contributed by atoms with Gasteiger partial charge in [-0.25, -0.2) is 0 Å². The molecule has 0 aromatic heterocycles. The molecule has 0 aromatic carbocycles. The standard InChI is InChI=1S/C76H146O6/c1-4-7-10-13-16-18-20-22-24-26-28-30-32-34-36-38-40-42-44-46-48-50-52-54-56-58-60-63-66-69-75(78)81-72-73(71-80-74(77)68-65-62-15-12-9-6-3)82-76(79)70-67-64-61-59-57-55-53-51-49-47-45-43-41-39-37-35-33-31-29-27-25-23-21-19-17-14-11-8-5-2/h26,28,73H,4-25,27,29-72H2,1-3H3/b28-26-. The lowest BCUT2D eigenvalue weighted by Crippen LogP contribution is -2.30. The van der Waals surface area contributed by atoms with E-state index in [9.17, 15) is 14.4 Å². The highest BCUT2D eigenvalue weighted by molar-refractivity contribution is 5.71. The molecular formula is C76H146O6. The van der Waals surface area contributed by atoms with E-state index >= 15 is 0 Å². The SMILES string of the molecule is CCCCCCCCCC/C=C\CCCCCCCCCCCCCCCCCCCC(=O)OCC(COC(=O)CCCCCCCC)OC(=O)CCCCCCCCCCCCCCCCCCCCCCCCCCCCCCC. The summed E-state index contributed by atoms with van der Waals surface area (Å²) in [5.41, 5.74) is 0. The lowest BCUT2D eigenvalue weighted by atomic mass is 10.0. The van der Waals surface area contributed by atoms with Crippen molar-refractivity contribution in [3.05, 3.63) is 12.2 Å². The van der Waals surface area contributed by atoms with Gasteiger partial charge < -0.3 is 14.2 Å². The highest BCUT2D eigenvalue weighted by Gasteiger charge is 2.20. The van der Waals surface area contributed by atoms with Gasteiger partial charge in [0.25, 0.3) is 0 Å². The molecule has 82 heavy (non-hydrogen) atoms. The van der Waals surface area contributed by atoms with E-state index in [2.05, 4.69) is 32.9 Å². The van der Waals surface area contributed by atoms with Gasteiger partial charge in [0.2, 0.25) is 0 Å². The van der Waals surface area contributed by atoms with Crippen molar-refractivity contribution < 1.29 is 28.6 Å². The summed E-state index contributed by atoms with van der Waals surface area (Å²) in [6.07, 6.45) is 87.5. The van der Waals surface area contributed by atoms with Crippen molar-refractivity contribution in [3.63, 3.8) is 0 Å². The molecule has 0 fully saturated rings. The molecule has 0 aliphatic carbocycles. The van der Waals surface area contributed by atoms with Crippen LogP contribution in [-0.2, 0) is 28.6 Å². The van der Waals surface area contributed by atoms with Crippen molar-refractivity contribution >= 4 is 17.9 Å². The normalized spacial score (nSPS) is 12.0. The third-order valence-corrected chi connectivity index (χ3v) is 17.5. The van der Waals surface area contributed by atoms with Gasteiger partial charge in [-0.1, -0.05) is 386 Å². The van der Waals surface area contributed by atoms with Gasteiger partial charge in [-0.15, -0.1) is 0 Å². The molecule has 6 heteroatoms. The minimum atomic E-state index is -0.764. The largest absolute Gasteiger partial charge is 0.462 e. The Balaban J connectivity index is 3.92. The Morgan fingerprint density at radius 3 is 0.610 bits per heavy atom. The molecule has 0 radical (unpaired) electrons. The number of rotatable bonds is 71. The molecule has 1 unspecified atom stereocenters. The fraction of sp³-hybridized carbons (Fsp3) is 0.934. The van der Waals surface area contributed by atoms with Crippen molar-refractivity contribution in [2.45, 2.75) is 444 Å². The molecule has 0 spiro atoms. The first kappa shape index (κ1) is 80.2. The monoisotopic (exact) mass is 1160 g/mol. The first-order valence-electron chi connectivity index (χ1n) is 37.7. The van der Waals surface area contributed by atoms with E-state index in [0.717, 1.165) is 57.8 Å². The van der Waals surface area contributed by atoms with Crippen molar-refractivity contribution in [1.82, 2.24) is 0 Å². The van der Waals surface area contributed by atoms with E-state index < -0.39 is 6.10 Å². The van der Waals surface area contributed by atoms with Gasteiger partial charge in [-0.05, 0) is 44.9 Å². The molecule has 6 nitrogen and oxygen atoms in total. The van der Waals surface area contributed by atoms with Gasteiger partial charge >= 0.3 is 17.9 Å². The second-order valence-electron chi connectivity index (χ2n) is 25.9. The molecule has 0 aliphatic heterocycles. The van der Waals surface area contributed by atoms with E-state index in [1.165, 1.54) is 340 Å². The number of unbranched alkanes of at least 4 members (excludes halogenated alkanes) is 58. The fourth-order valence-corrected chi connectivity index (χ4v) is 11.9. The Labute approximate surface area is 513 Å². The van der Waals surface area contributed by atoms with E-state index in [1.54, 1.807) is 0 Å². The quantitative estimate of drug-likeness (QED) is 0.0261. The maximum absolute atomic E-state index is 12.9. The molecule has 0 rings (SSSR count). The van der Waals surface area contributed by atoms with E-state index in [4.69, 9.17) is 14.2 Å². The molecule has 0 heterocycles. The van der Waals surface area contributed by atoms with Crippen molar-refractivity contribution in [2.24, 2.45) is 0 Å². The summed E-state index contributed by atoms with van der Waals surface area (Å²) in [4.78, 5) is 38.2. The zero-order valence-electron chi connectivity index (χ0n) is 56.1. The summed E-state index contributed by atoms with van der Waals surface area (Å²) in [5, 5.41) is 0. The number of hydrogen-bond donors (Lipinski definition) is 0. The van der Waals surface area contributed by atoms with Crippen LogP contribution in [0.5, 0.6) is 0 Å². The van der Waals surface area contributed by atoms with E-state index in [1.807, 2.05) is 0 Å². The summed E-state index contributed by atoms with van der Waals surface area (Å²) < 4.78 is 16.9. The Morgan fingerprint density at radius 1 is 0.232 bits per heavy atom. The maximum atomic E-state index is 12.9. The highest BCUT2D eigenvalue weighted by Crippen LogP contribution is 2.20. The first-order valence-corrected chi connectivity index (χ1v) is 37.7. The molecule has 0 aromatic rings. The highest BCUT2D eigenvalue weighted by atomic mass is 16.6. The third kappa shape index (κ3) is 68.9. The van der Waals surface area contributed by atoms with Gasteiger partial charge in [0.15, 0.2) is 6.10 Å². The van der Waals surface area contributed by atoms with E-state index in [0.29, 0.717) is 19.3 Å². The average Bonchev–Trinajstić information content (AvgIpc) is 3.47. The van der Waals surface area contributed by atoms with Gasteiger partial charge in [-0.3, -0.25) is 14.4 Å².